The Hall–Kier alpha value is -1.53. The molecule has 0 bridgehead atoms. The van der Waals surface area contributed by atoms with Crippen molar-refractivity contribution in [3.63, 3.8) is 0 Å². The molecule has 0 spiro atoms. The number of amides is 1. The Morgan fingerprint density at radius 3 is 2.45 bits per heavy atom. The highest BCUT2D eigenvalue weighted by Crippen LogP contribution is 2.09. The zero-order valence-electron chi connectivity index (χ0n) is 13.3. The van der Waals surface area contributed by atoms with Crippen LogP contribution in [-0.2, 0) is 31.6 Å². The van der Waals surface area contributed by atoms with E-state index in [2.05, 4.69) is 4.74 Å². The molecule has 1 aromatic rings. The lowest BCUT2D eigenvalue weighted by Gasteiger charge is -2.27. The van der Waals surface area contributed by atoms with Crippen LogP contribution in [-0.4, -0.2) is 60.0 Å². The topological polar surface area (TPSA) is 66.8 Å². The molecule has 1 rings (SSSR count). The van der Waals surface area contributed by atoms with E-state index in [1.54, 1.807) is 0 Å². The van der Waals surface area contributed by atoms with Gasteiger partial charge in [0.15, 0.2) is 5.75 Å². The monoisotopic (exact) mass is 326 g/mol. The molecule has 6 heteroatoms. The first kappa shape index (κ1) is 18.5. The van der Waals surface area contributed by atoms with Crippen molar-refractivity contribution in [2.24, 2.45) is 0 Å². The first-order chi connectivity index (χ1) is 10.4. The fourth-order valence-electron chi connectivity index (χ4n) is 2.02. The lowest BCUT2D eigenvalue weighted by Crippen LogP contribution is -2.45. The molecule has 0 unspecified atom stereocenters. The predicted molar refractivity (Wildman–Crippen MR) is 88.6 cm³/mol. The van der Waals surface area contributed by atoms with E-state index in [4.69, 9.17) is 0 Å². The molecule has 0 heterocycles. The molecular formula is C16H24NO4S+. The molecule has 1 N–H and O–H groups in total. The standard InChI is InChI=1S/C16H24NO4S/c1-21-16(20)9-10-17(15(19)12-22(2)3)14(18)11-13-7-5-4-6-8-13/h4-8,14,18H,9-12H2,1-3H3/q+1/t14-/m1/s1. The number of methoxy groups -OCH3 is 1. The van der Waals surface area contributed by atoms with Crippen LogP contribution in [0.2, 0.25) is 0 Å². The molecule has 0 saturated carbocycles. The van der Waals surface area contributed by atoms with Gasteiger partial charge in [-0.1, -0.05) is 30.3 Å². The lowest BCUT2D eigenvalue weighted by molar-refractivity contribution is -0.144. The van der Waals surface area contributed by atoms with E-state index < -0.39 is 12.2 Å². The summed E-state index contributed by atoms with van der Waals surface area (Å²) in [5.74, 6) is -0.162. The van der Waals surface area contributed by atoms with Crippen LogP contribution in [0.4, 0.5) is 0 Å². The van der Waals surface area contributed by atoms with Crippen LogP contribution in [0.1, 0.15) is 12.0 Å². The lowest BCUT2D eigenvalue weighted by atomic mass is 10.1. The minimum Gasteiger partial charge on any atom is -0.469 e. The number of esters is 1. The molecule has 0 fully saturated rings. The van der Waals surface area contributed by atoms with Gasteiger partial charge in [0.05, 0.1) is 26.0 Å². The van der Waals surface area contributed by atoms with Crippen LogP contribution in [0, 0.1) is 0 Å². The minimum absolute atomic E-state index is 0.0638. The van der Waals surface area contributed by atoms with Crippen molar-refractivity contribution in [3.8, 4) is 0 Å². The maximum absolute atomic E-state index is 12.3. The SMILES string of the molecule is COC(=O)CCN(C(=O)C[S+](C)C)[C@H](O)Cc1ccccc1. The molecule has 22 heavy (non-hydrogen) atoms. The highest BCUT2D eigenvalue weighted by Gasteiger charge is 2.26. The number of rotatable bonds is 8. The fourth-order valence-corrected chi connectivity index (χ4v) is 2.68. The average Bonchev–Trinajstić information content (AvgIpc) is 2.47. The third kappa shape index (κ3) is 6.49. The van der Waals surface area contributed by atoms with Crippen LogP contribution in [0.25, 0.3) is 0 Å². The third-order valence-electron chi connectivity index (χ3n) is 3.14. The van der Waals surface area contributed by atoms with Gasteiger partial charge in [0, 0.05) is 13.0 Å². The molecule has 122 valence electrons. The Bertz CT molecular complexity index is 478. The summed E-state index contributed by atoms with van der Waals surface area (Å²) < 4.78 is 4.60. The van der Waals surface area contributed by atoms with Gasteiger partial charge in [-0.15, -0.1) is 0 Å². The van der Waals surface area contributed by atoms with Gasteiger partial charge in [-0.2, -0.15) is 0 Å². The molecule has 1 atom stereocenters. The highest BCUT2D eigenvalue weighted by atomic mass is 32.2. The zero-order valence-corrected chi connectivity index (χ0v) is 14.1. The van der Waals surface area contributed by atoms with E-state index in [-0.39, 0.29) is 29.8 Å². The van der Waals surface area contributed by atoms with Crippen LogP contribution in [0.3, 0.4) is 0 Å². The molecule has 0 saturated heterocycles. The van der Waals surface area contributed by atoms with Gasteiger partial charge in [-0.3, -0.25) is 9.59 Å². The van der Waals surface area contributed by atoms with Crippen LogP contribution < -0.4 is 0 Å². The molecule has 0 aliphatic rings. The van der Waals surface area contributed by atoms with Crippen molar-refractivity contribution in [1.82, 2.24) is 4.90 Å². The van der Waals surface area contributed by atoms with Crippen LogP contribution in [0.5, 0.6) is 0 Å². The number of carbonyl (C=O) groups is 2. The van der Waals surface area contributed by atoms with Gasteiger partial charge < -0.3 is 14.7 Å². The first-order valence-corrected chi connectivity index (χ1v) is 9.27. The van der Waals surface area contributed by atoms with Crippen molar-refractivity contribution in [2.75, 3.05) is 31.9 Å². The van der Waals surface area contributed by atoms with E-state index in [0.29, 0.717) is 12.2 Å². The maximum atomic E-state index is 12.3. The molecular weight excluding hydrogens is 302 g/mol. The zero-order chi connectivity index (χ0) is 16.5. The summed E-state index contributed by atoms with van der Waals surface area (Å²) in [6.45, 7) is 0.163. The van der Waals surface area contributed by atoms with E-state index >= 15 is 0 Å². The smallest absolute Gasteiger partial charge is 0.307 e. The summed E-state index contributed by atoms with van der Waals surface area (Å²) in [5, 5.41) is 10.4. The number of benzene rings is 1. The predicted octanol–water partition coefficient (Wildman–Crippen LogP) is 0.817. The number of aliphatic hydroxyl groups is 1. The van der Waals surface area contributed by atoms with Crippen molar-refractivity contribution in [1.29, 1.82) is 0 Å². The summed E-state index contributed by atoms with van der Waals surface area (Å²) in [5.41, 5.74) is 0.942. The van der Waals surface area contributed by atoms with Gasteiger partial charge in [-0.25, -0.2) is 0 Å². The van der Waals surface area contributed by atoms with Crippen molar-refractivity contribution < 1.29 is 19.4 Å². The van der Waals surface area contributed by atoms with Crippen molar-refractivity contribution >= 4 is 22.8 Å². The Morgan fingerprint density at radius 1 is 1.27 bits per heavy atom. The highest BCUT2D eigenvalue weighted by molar-refractivity contribution is 7.96. The summed E-state index contributed by atoms with van der Waals surface area (Å²) in [7, 11) is 1.25. The first-order valence-electron chi connectivity index (χ1n) is 7.06. The third-order valence-corrected chi connectivity index (χ3v) is 3.96. The van der Waals surface area contributed by atoms with E-state index in [1.165, 1.54) is 12.0 Å². The van der Waals surface area contributed by atoms with Crippen LogP contribution >= 0.6 is 0 Å². The Labute approximate surface area is 134 Å². The minimum atomic E-state index is -0.942. The van der Waals surface area contributed by atoms with Crippen LogP contribution in [0.15, 0.2) is 30.3 Å². The van der Waals surface area contributed by atoms with Gasteiger partial charge in [0.25, 0.3) is 5.91 Å². The number of hydrogen-bond acceptors (Lipinski definition) is 4. The van der Waals surface area contributed by atoms with Gasteiger partial charge in [0.1, 0.15) is 6.23 Å². The molecule has 1 amide bonds. The number of ether oxygens (including phenoxy) is 1. The fraction of sp³-hybridized carbons (Fsp3) is 0.500. The largest absolute Gasteiger partial charge is 0.469 e. The Balaban J connectivity index is 2.74. The normalized spacial score (nSPS) is 12.0. The summed E-state index contributed by atoms with van der Waals surface area (Å²) in [4.78, 5) is 25.0. The van der Waals surface area contributed by atoms with E-state index in [1.807, 2.05) is 42.8 Å². The Morgan fingerprint density at radius 2 is 1.91 bits per heavy atom. The Kier molecular flexibility index (Phi) is 7.98. The second-order valence-electron chi connectivity index (χ2n) is 5.21. The molecule has 0 aromatic heterocycles. The number of aliphatic hydroxyl groups excluding tert-OH is 1. The molecule has 0 aliphatic carbocycles. The van der Waals surface area contributed by atoms with E-state index in [9.17, 15) is 14.7 Å². The molecule has 1 aromatic carbocycles. The second-order valence-corrected chi connectivity index (χ2v) is 7.47. The molecule has 5 nitrogen and oxygen atoms in total. The summed E-state index contributed by atoms with van der Waals surface area (Å²) >= 11 is 0. The number of nitrogens with zero attached hydrogens (tertiary/aromatic N) is 1. The van der Waals surface area contributed by atoms with Crippen molar-refractivity contribution in [3.05, 3.63) is 35.9 Å². The molecule has 0 aliphatic heterocycles. The molecule has 0 radical (unpaired) electrons. The summed E-state index contributed by atoms with van der Waals surface area (Å²) in [6, 6.07) is 9.47. The van der Waals surface area contributed by atoms with E-state index in [0.717, 1.165) is 5.56 Å². The summed E-state index contributed by atoms with van der Waals surface area (Å²) in [6.07, 6.45) is 3.42. The van der Waals surface area contributed by atoms with Gasteiger partial charge >= 0.3 is 5.97 Å². The average molecular weight is 326 g/mol. The second kappa shape index (κ2) is 9.48. The number of carbonyl (C=O) groups excluding carboxylic acids is 2. The number of hydrogen-bond donors (Lipinski definition) is 1. The van der Waals surface area contributed by atoms with Gasteiger partial charge in [0.2, 0.25) is 0 Å². The van der Waals surface area contributed by atoms with Crippen molar-refractivity contribution in [2.45, 2.75) is 19.1 Å². The quantitative estimate of drug-likeness (QED) is 0.436. The van der Waals surface area contributed by atoms with Gasteiger partial charge in [-0.05, 0) is 16.5 Å². The maximum Gasteiger partial charge on any atom is 0.307 e.